The first-order chi connectivity index (χ1) is 16.3. The standard InChI is InChI=1S/C25H35N4O5/c1-16(2)13-22(25(34)29-12-4-5-18(29)15-30)28-24(33)21(14-17-7-9-19(31)10-8-17)27-23(32)20-6-3-11-26-20/h7-10,16,18,20-22,26,31H,3-6,11-14H2,1-2H3,(H,27,32)(H,28,33)/t18-,20-,21-,22-/m0/s1. The summed E-state index contributed by atoms with van der Waals surface area (Å²) < 4.78 is 0. The van der Waals surface area contributed by atoms with Gasteiger partial charge in [0.25, 0.3) is 0 Å². The van der Waals surface area contributed by atoms with Gasteiger partial charge < -0.3 is 26.0 Å². The van der Waals surface area contributed by atoms with Crippen LogP contribution in [0.25, 0.3) is 0 Å². The molecule has 2 heterocycles. The molecule has 185 valence electrons. The Kier molecular flexibility index (Phi) is 9.04. The van der Waals surface area contributed by atoms with Gasteiger partial charge in [-0.1, -0.05) is 26.0 Å². The molecule has 4 N–H and O–H groups in total. The number of nitrogens with one attached hydrogen (secondary N) is 3. The Hall–Kier alpha value is -2.94. The summed E-state index contributed by atoms with van der Waals surface area (Å²) >= 11 is 0. The van der Waals surface area contributed by atoms with Crippen molar-refractivity contribution >= 4 is 24.0 Å². The lowest BCUT2D eigenvalue weighted by molar-refractivity contribution is -0.137. The molecule has 0 aliphatic carbocycles. The first kappa shape index (κ1) is 25.7. The van der Waals surface area contributed by atoms with Gasteiger partial charge in [-0.15, -0.1) is 0 Å². The summed E-state index contributed by atoms with van der Waals surface area (Å²) in [5.41, 5.74) is 0.763. The quantitative estimate of drug-likeness (QED) is 0.400. The Morgan fingerprint density at radius 1 is 1.12 bits per heavy atom. The minimum absolute atomic E-state index is 0.110. The number of nitrogens with zero attached hydrogens (tertiary/aromatic N) is 1. The fraction of sp³-hybridized carbons (Fsp3) is 0.600. The molecule has 2 fully saturated rings. The molecule has 9 nitrogen and oxygen atoms in total. The number of carbonyl (C=O) groups excluding carboxylic acids is 4. The molecule has 3 rings (SSSR count). The maximum absolute atomic E-state index is 13.4. The fourth-order valence-corrected chi connectivity index (χ4v) is 4.58. The van der Waals surface area contributed by atoms with Crippen LogP contribution in [-0.4, -0.2) is 71.3 Å². The van der Waals surface area contributed by atoms with Crippen molar-refractivity contribution in [2.24, 2.45) is 5.92 Å². The summed E-state index contributed by atoms with van der Waals surface area (Å²) in [5.74, 6) is -0.760. The van der Waals surface area contributed by atoms with Gasteiger partial charge in [0.05, 0.1) is 12.1 Å². The number of benzene rings is 1. The number of phenols is 1. The largest absolute Gasteiger partial charge is 0.508 e. The zero-order valence-corrected chi connectivity index (χ0v) is 19.9. The van der Waals surface area contributed by atoms with Crippen LogP contribution < -0.4 is 16.0 Å². The van der Waals surface area contributed by atoms with E-state index in [1.165, 1.54) is 17.0 Å². The van der Waals surface area contributed by atoms with Crippen LogP contribution in [-0.2, 0) is 25.6 Å². The van der Waals surface area contributed by atoms with Gasteiger partial charge in [0, 0.05) is 13.0 Å². The third-order valence-corrected chi connectivity index (χ3v) is 6.38. The molecule has 1 radical (unpaired) electrons. The van der Waals surface area contributed by atoms with Crippen molar-refractivity contribution in [1.29, 1.82) is 0 Å². The summed E-state index contributed by atoms with van der Waals surface area (Å²) in [7, 11) is 0. The fourth-order valence-electron chi connectivity index (χ4n) is 4.58. The molecule has 4 atom stereocenters. The first-order valence-corrected chi connectivity index (χ1v) is 12.1. The number of rotatable bonds is 10. The highest BCUT2D eigenvalue weighted by atomic mass is 16.3. The highest BCUT2D eigenvalue weighted by Gasteiger charge is 2.36. The van der Waals surface area contributed by atoms with E-state index in [4.69, 9.17) is 0 Å². The van der Waals surface area contributed by atoms with E-state index in [0.717, 1.165) is 24.9 Å². The van der Waals surface area contributed by atoms with E-state index >= 15 is 0 Å². The van der Waals surface area contributed by atoms with Gasteiger partial charge in [-0.05, 0) is 62.3 Å². The molecule has 1 aromatic rings. The van der Waals surface area contributed by atoms with Gasteiger partial charge >= 0.3 is 0 Å². The summed E-state index contributed by atoms with van der Waals surface area (Å²) in [6.07, 6.45) is 5.45. The van der Waals surface area contributed by atoms with Crippen LogP contribution in [0.2, 0.25) is 0 Å². The van der Waals surface area contributed by atoms with E-state index in [-0.39, 0.29) is 35.9 Å². The molecule has 2 saturated heterocycles. The van der Waals surface area contributed by atoms with Crippen molar-refractivity contribution < 1.29 is 24.3 Å². The van der Waals surface area contributed by atoms with Gasteiger partial charge in [-0.2, -0.15) is 0 Å². The monoisotopic (exact) mass is 471 g/mol. The van der Waals surface area contributed by atoms with Crippen molar-refractivity contribution in [3.63, 3.8) is 0 Å². The number of phenolic OH excluding ortho intramolecular Hbond substituents is 1. The van der Waals surface area contributed by atoms with Crippen LogP contribution in [0, 0.1) is 5.92 Å². The van der Waals surface area contributed by atoms with Crippen LogP contribution in [0.1, 0.15) is 51.5 Å². The smallest absolute Gasteiger partial charge is 0.245 e. The predicted molar refractivity (Wildman–Crippen MR) is 127 cm³/mol. The molecular weight excluding hydrogens is 436 g/mol. The normalized spacial score (nSPS) is 21.8. The highest BCUT2D eigenvalue weighted by molar-refractivity contribution is 5.94. The molecule has 1 aromatic carbocycles. The zero-order valence-electron chi connectivity index (χ0n) is 19.9. The van der Waals surface area contributed by atoms with Crippen LogP contribution in [0.15, 0.2) is 24.3 Å². The second-order valence-electron chi connectivity index (χ2n) is 9.58. The van der Waals surface area contributed by atoms with Gasteiger partial charge in [0.2, 0.25) is 24.0 Å². The van der Waals surface area contributed by atoms with E-state index < -0.39 is 24.0 Å². The highest BCUT2D eigenvalue weighted by Crippen LogP contribution is 2.19. The van der Waals surface area contributed by atoms with Gasteiger partial charge in [-0.3, -0.25) is 19.2 Å². The summed E-state index contributed by atoms with van der Waals surface area (Å²) in [5, 5.41) is 18.4. The molecule has 0 aromatic heterocycles. The van der Waals surface area contributed by atoms with Crippen LogP contribution in [0.4, 0.5) is 0 Å². The molecule has 2 aliphatic heterocycles. The third kappa shape index (κ3) is 6.79. The minimum Gasteiger partial charge on any atom is -0.508 e. The minimum atomic E-state index is -0.895. The Labute approximate surface area is 200 Å². The summed E-state index contributed by atoms with van der Waals surface area (Å²) in [6, 6.07) is 3.82. The second kappa shape index (κ2) is 12.0. The van der Waals surface area contributed by atoms with Crippen molar-refractivity contribution in [3.05, 3.63) is 29.8 Å². The average molecular weight is 472 g/mol. The molecule has 0 unspecified atom stereocenters. The maximum Gasteiger partial charge on any atom is 0.245 e. The van der Waals surface area contributed by atoms with E-state index in [1.807, 2.05) is 20.1 Å². The first-order valence-electron chi connectivity index (χ1n) is 12.1. The maximum atomic E-state index is 13.4. The zero-order chi connectivity index (χ0) is 24.7. The Bertz CT molecular complexity index is 867. The lowest BCUT2D eigenvalue weighted by atomic mass is 10.00. The molecular formula is C25H35N4O5. The van der Waals surface area contributed by atoms with E-state index in [2.05, 4.69) is 16.0 Å². The van der Waals surface area contributed by atoms with Gasteiger partial charge in [0.15, 0.2) is 0 Å². The van der Waals surface area contributed by atoms with Gasteiger partial charge in [-0.25, -0.2) is 0 Å². The summed E-state index contributed by atoms with van der Waals surface area (Å²) in [6.45, 7) is 5.13. The van der Waals surface area contributed by atoms with Gasteiger partial charge in [0.1, 0.15) is 17.8 Å². The number of aromatic hydroxyl groups is 1. The SMILES string of the molecule is CC(C)C[C@H](NC(=O)[C@H](Cc1ccc(O)cc1)NC(=O)[C@@H]1CCCN1)C(=O)N1CCC[C@H]1[C]=O. The molecule has 34 heavy (non-hydrogen) atoms. The number of amides is 3. The lowest BCUT2D eigenvalue weighted by Crippen LogP contribution is -2.57. The van der Waals surface area contributed by atoms with E-state index in [1.54, 1.807) is 12.1 Å². The van der Waals surface area contributed by atoms with Crippen molar-refractivity contribution in [1.82, 2.24) is 20.9 Å². The summed E-state index contributed by atoms with van der Waals surface area (Å²) in [4.78, 5) is 52.2. The Morgan fingerprint density at radius 3 is 2.47 bits per heavy atom. The van der Waals surface area contributed by atoms with Crippen LogP contribution in [0.5, 0.6) is 5.75 Å². The Morgan fingerprint density at radius 2 is 1.85 bits per heavy atom. The molecule has 2 aliphatic rings. The van der Waals surface area contributed by atoms with Crippen molar-refractivity contribution in [3.8, 4) is 5.75 Å². The number of carbonyl (C=O) groups is 3. The van der Waals surface area contributed by atoms with E-state index in [9.17, 15) is 24.3 Å². The molecule has 0 saturated carbocycles. The molecule has 3 amide bonds. The number of likely N-dealkylation sites (tertiary alicyclic amines) is 1. The molecule has 0 spiro atoms. The van der Waals surface area contributed by atoms with Crippen molar-refractivity contribution in [2.45, 2.75) is 76.5 Å². The lowest BCUT2D eigenvalue weighted by Gasteiger charge is -2.29. The van der Waals surface area contributed by atoms with Crippen molar-refractivity contribution in [2.75, 3.05) is 13.1 Å². The number of hydrogen-bond acceptors (Lipinski definition) is 6. The molecule has 0 bridgehead atoms. The van der Waals surface area contributed by atoms with E-state index in [0.29, 0.717) is 25.8 Å². The number of hydrogen-bond donors (Lipinski definition) is 4. The second-order valence-corrected chi connectivity index (χ2v) is 9.58. The topological polar surface area (TPSA) is 128 Å². The molecule has 9 heteroatoms. The van der Waals surface area contributed by atoms with Crippen LogP contribution in [0.3, 0.4) is 0 Å². The third-order valence-electron chi connectivity index (χ3n) is 6.38. The predicted octanol–water partition coefficient (Wildman–Crippen LogP) is 0.803. The average Bonchev–Trinajstić information content (AvgIpc) is 3.51. The Balaban J connectivity index is 1.76. The van der Waals surface area contributed by atoms with Crippen LogP contribution >= 0.6 is 0 Å².